The molecule has 0 spiro atoms. The van der Waals surface area contributed by atoms with Crippen molar-refractivity contribution in [1.82, 2.24) is 20.2 Å². The summed E-state index contributed by atoms with van der Waals surface area (Å²) in [5, 5.41) is 7.16. The molecule has 0 bridgehead atoms. The SMILES string of the molecule is C/C=C(\C=NCC)c1cccc(-c2nc(C)c(-c3n[nH]c(C)n3)cc2C)c1.CCCC.CS(C)(=O)=O. The number of aromatic amines is 1. The van der Waals surface area contributed by atoms with Gasteiger partial charge in [0.1, 0.15) is 15.7 Å². The van der Waals surface area contributed by atoms with Gasteiger partial charge in [-0.1, -0.05) is 51.0 Å². The maximum atomic E-state index is 9.63. The van der Waals surface area contributed by atoms with E-state index >= 15 is 0 Å². The van der Waals surface area contributed by atoms with Crippen LogP contribution in [0, 0.1) is 20.8 Å². The van der Waals surface area contributed by atoms with Crippen LogP contribution in [0.25, 0.3) is 28.2 Å². The summed E-state index contributed by atoms with van der Waals surface area (Å²) < 4.78 is 19.3. The van der Waals surface area contributed by atoms with E-state index in [-0.39, 0.29) is 0 Å². The van der Waals surface area contributed by atoms with E-state index in [1.807, 2.05) is 33.9 Å². The van der Waals surface area contributed by atoms with Gasteiger partial charge < -0.3 is 0 Å². The monoisotopic (exact) mass is 511 g/mol. The van der Waals surface area contributed by atoms with Gasteiger partial charge in [-0.3, -0.25) is 15.1 Å². The predicted molar refractivity (Wildman–Crippen MR) is 153 cm³/mol. The Morgan fingerprint density at radius 2 is 1.67 bits per heavy atom. The van der Waals surface area contributed by atoms with Crippen molar-refractivity contribution in [3.63, 3.8) is 0 Å². The van der Waals surface area contributed by atoms with Crippen molar-refractivity contribution in [3.05, 3.63) is 59.1 Å². The number of unbranched alkanes of at least 4 members (excludes halogenated alkanes) is 1. The minimum absolute atomic E-state index is 0.688. The number of benzene rings is 1. The predicted octanol–water partition coefficient (Wildman–Crippen LogP) is 6.42. The average Bonchev–Trinajstić information content (AvgIpc) is 3.26. The van der Waals surface area contributed by atoms with Crippen LogP contribution in [-0.4, -0.2) is 53.9 Å². The third-order valence-corrected chi connectivity index (χ3v) is 4.94. The van der Waals surface area contributed by atoms with Crippen molar-refractivity contribution in [2.45, 2.75) is 61.3 Å². The Morgan fingerprint density at radius 3 is 2.17 bits per heavy atom. The fourth-order valence-corrected chi connectivity index (χ4v) is 3.04. The highest BCUT2D eigenvalue weighted by Crippen LogP contribution is 2.29. The lowest BCUT2D eigenvalue weighted by Crippen LogP contribution is -1.97. The molecule has 3 rings (SSSR count). The molecule has 0 radical (unpaired) electrons. The molecule has 0 atom stereocenters. The summed E-state index contributed by atoms with van der Waals surface area (Å²) >= 11 is 0. The van der Waals surface area contributed by atoms with Crippen LogP contribution >= 0.6 is 0 Å². The Morgan fingerprint density at radius 1 is 1.03 bits per heavy atom. The molecule has 0 fully saturated rings. The summed E-state index contributed by atoms with van der Waals surface area (Å²) in [5.74, 6) is 1.49. The Bertz CT molecular complexity index is 1260. The summed E-state index contributed by atoms with van der Waals surface area (Å²) in [7, 11) is -2.67. The molecule has 3 aromatic rings. The number of allylic oxidation sites excluding steroid dienone is 2. The van der Waals surface area contributed by atoms with Crippen LogP contribution in [0.3, 0.4) is 0 Å². The van der Waals surface area contributed by atoms with Gasteiger partial charge in [-0.2, -0.15) is 5.10 Å². The van der Waals surface area contributed by atoms with Gasteiger partial charge in [0.15, 0.2) is 5.82 Å². The van der Waals surface area contributed by atoms with Crippen LogP contribution in [0.4, 0.5) is 0 Å². The Balaban J connectivity index is 0.000000620. The molecule has 0 unspecified atom stereocenters. The fraction of sp³-hybridized carbons (Fsp3) is 0.429. The molecule has 0 amide bonds. The molecule has 1 N–H and O–H groups in total. The molecule has 7 nitrogen and oxygen atoms in total. The van der Waals surface area contributed by atoms with E-state index in [2.05, 4.69) is 77.4 Å². The molecule has 0 aliphatic heterocycles. The molecular weight excluding hydrogens is 470 g/mol. The van der Waals surface area contributed by atoms with Gasteiger partial charge in [-0.25, -0.2) is 13.4 Å². The lowest BCUT2D eigenvalue weighted by molar-refractivity contribution is 0.607. The molecular formula is C28H41N5O2S. The Labute approximate surface area is 217 Å². The highest BCUT2D eigenvalue weighted by atomic mass is 32.2. The number of nitrogens with zero attached hydrogens (tertiary/aromatic N) is 4. The first-order chi connectivity index (χ1) is 16.9. The first kappa shape index (κ1) is 30.9. The molecule has 0 aliphatic carbocycles. The summed E-state index contributed by atoms with van der Waals surface area (Å²) in [5.41, 5.74) is 7.29. The van der Waals surface area contributed by atoms with Gasteiger partial charge >= 0.3 is 0 Å². The second-order valence-corrected chi connectivity index (χ2v) is 10.9. The maximum absolute atomic E-state index is 9.63. The van der Waals surface area contributed by atoms with Crippen molar-refractivity contribution >= 4 is 21.6 Å². The van der Waals surface area contributed by atoms with Crippen molar-refractivity contribution in [1.29, 1.82) is 0 Å². The van der Waals surface area contributed by atoms with Crippen LogP contribution in [0.15, 0.2) is 41.4 Å². The number of aryl methyl sites for hydroxylation is 3. The summed E-state index contributed by atoms with van der Waals surface area (Å²) in [4.78, 5) is 13.7. The van der Waals surface area contributed by atoms with Gasteiger partial charge in [0.25, 0.3) is 0 Å². The molecule has 196 valence electrons. The van der Waals surface area contributed by atoms with Crippen molar-refractivity contribution in [2.75, 3.05) is 19.1 Å². The van der Waals surface area contributed by atoms with E-state index < -0.39 is 9.84 Å². The number of H-pyrrole nitrogens is 1. The van der Waals surface area contributed by atoms with Gasteiger partial charge in [0.05, 0.1) is 5.69 Å². The summed E-state index contributed by atoms with van der Waals surface area (Å²) in [6.45, 7) is 15.2. The molecule has 1 aromatic carbocycles. The lowest BCUT2D eigenvalue weighted by atomic mass is 9.98. The van der Waals surface area contributed by atoms with Crippen LogP contribution in [0.5, 0.6) is 0 Å². The van der Waals surface area contributed by atoms with Crippen LogP contribution in [0.1, 0.15) is 63.2 Å². The molecule has 0 aliphatic rings. The number of pyridine rings is 1. The number of rotatable bonds is 6. The quantitative estimate of drug-likeness (QED) is 0.385. The van der Waals surface area contributed by atoms with Gasteiger partial charge in [-0.05, 0) is 63.5 Å². The Hall–Kier alpha value is -3.13. The number of aliphatic imine (C=N–C) groups is 1. The third-order valence-electron chi connectivity index (χ3n) is 4.94. The zero-order valence-corrected chi connectivity index (χ0v) is 24.0. The highest BCUT2D eigenvalue weighted by molar-refractivity contribution is 7.89. The summed E-state index contributed by atoms with van der Waals surface area (Å²) in [6, 6.07) is 10.5. The van der Waals surface area contributed by atoms with E-state index in [1.54, 1.807) is 0 Å². The van der Waals surface area contributed by atoms with Crippen molar-refractivity contribution in [3.8, 4) is 22.6 Å². The van der Waals surface area contributed by atoms with Gasteiger partial charge in [0, 0.05) is 42.1 Å². The van der Waals surface area contributed by atoms with Crippen molar-refractivity contribution < 1.29 is 8.42 Å². The van der Waals surface area contributed by atoms with Crippen molar-refractivity contribution in [2.24, 2.45) is 4.99 Å². The van der Waals surface area contributed by atoms with Gasteiger partial charge in [-0.15, -0.1) is 0 Å². The first-order valence-electron chi connectivity index (χ1n) is 12.2. The number of hydrogen-bond donors (Lipinski definition) is 1. The minimum Gasteiger partial charge on any atom is -0.293 e. The number of hydrogen-bond acceptors (Lipinski definition) is 6. The number of nitrogens with one attached hydrogen (secondary N) is 1. The lowest BCUT2D eigenvalue weighted by Gasteiger charge is -2.11. The fourth-order valence-electron chi connectivity index (χ4n) is 3.04. The second-order valence-electron chi connectivity index (χ2n) is 8.63. The van der Waals surface area contributed by atoms with E-state index in [4.69, 9.17) is 4.98 Å². The van der Waals surface area contributed by atoms with Crippen LogP contribution in [-0.2, 0) is 9.84 Å². The topological polar surface area (TPSA) is 101 Å². The second kappa shape index (κ2) is 15.1. The summed E-state index contributed by atoms with van der Waals surface area (Å²) in [6.07, 6.45) is 8.97. The third kappa shape index (κ3) is 10.6. The number of aromatic nitrogens is 4. The maximum Gasteiger partial charge on any atom is 0.182 e. The highest BCUT2D eigenvalue weighted by Gasteiger charge is 2.13. The van der Waals surface area contributed by atoms with Crippen LogP contribution in [0.2, 0.25) is 0 Å². The normalized spacial score (nSPS) is 11.5. The Kier molecular flexibility index (Phi) is 12.9. The molecule has 0 saturated heterocycles. The zero-order chi connectivity index (χ0) is 27.3. The zero-order valence-electron chi connectivity index (χ0n) is 23.2. The van der Waals surface area contributed by atoms with E-state index in [1.165, 1.54) is 12.8 Å². The average molecular weight is 512 g/mol. The van der Waals surface area contributed by atoms with E-state index in [0.717, 1.165) is 64.1 Å². The number of sulfone groups is 1. The minimum atomic E-state index is -2.67. The largest absolute Gasteiger partial charge is 0.293 e. The van der Waals surface area contributed by atoms with E-state index in [0.29, 0.717) is 5.82 Å². The molecule has 8 heteroatoms. The van der Waals surface area contributed by atoms with Gasteiger partial charge in [0.2, 0.25) is 0 Å². The smallest absolute Gasteiger partial charge is 0.182 e. The molecule has 36 heavy (non-hydrogen) atoms. The standard InChI is InChI=1S/C22H25N5.C4H10.C2H6O2S/c1-6-17(13-23-7-2)18-9-8-10-19(12-18)21-14(3)11-20(15(4)24-21)22-25-16(5)26-27-22;1-3-4-2;1-5(2,3)4/h6,8-13H,7H2,1-5H3,(H,25,26,27);3-4H2,1-2H3;1-2H3/b17-6+,23-13?;;. The molecule has 0 saturated carbocycles. The molecule has 2 heterocycles. The molecule has 2 aromatic heterocycles. The first-order valence-corrected chi connectivity index (χ1v) is 14.5. The van der Waals surface area contributed by atoms with E-state index in [9.17, 15) is 8.42 Å². The van der Waals surface area contributed by atoms with Crippen LogP contribution < -0.4 is 0 Å².